The lowest BCUT2D eigenvalue weighted by Crippen LogP contribution is -2.62. The fourth-order valence-corrected chi connectivity index (χ4v) is 3.44. The van der Waals surface area contributed by atoms with Crippen LogP contribution in [0.2, 0.25) is 0 Å². The molecule has 2 heterocycles. The first-order valence-corrected chi connectivity index (χ1v) is 10.4. The van der Waals surface area contributed by atoms with Crippen molar-refractivity contribution in [3.05, 3.63) is 0 Å². The van der Waals surface area contributed by atoms with E-state index in [1.807, 2.05) is 0 Å². The van der Waals surface area contributed by atoms with Crippen LogP contribution in [0, 0.1) is 0 Å². The minimum atomic E-state index is -2.08. The van der Waals surface area contributed by atoms with Crippen LogP contribution in [0.3, 0.4) is 0 Å². The number of ether oxygens (including phenoxy) is 4. The summed E-state index contributed by atoms with van der Waals surface area (Å²) in [6.45, 7) is -2.33. The quantitative estimate of drug-likeness (QED) is 0.117. The van der Waals surface area contributed by atoms with Crippen molar-refractivity contribution in [1.29, 1.82) is 0 Å². The molecule has 16 heteroatoms. The van der Waals surface area contributed by atoms with E-state index in [0.29, 0.717) is 0 Å². The summed E-state index contributed by atoms with van der Waals surface area (Å²) in [6, 6.07) is 0. The van der Waals surface area contributed by atoms with Crippen molar-refractivity contribution >= 4 is 6.29 Å². The fraction of sp³-hybridized carbons (Fsp3) is 0.944. The monoisotopic (exact) mass is 504 g/mol. The van der Waals surface area contributed by atoms with E-state index in [1.165, 1.54) is 0 Å². The van der Waals surface area contributed by atoms with Crippen molar-refractivity contribution in [3.8, 4) is 0 Å². The summed E-state index contributed by atoms with van der Waals surface area (Å²) in [5.74, 6) is 0. The molecular formula is C18H32O16. The van der Waals surface area contributed by atoms with Gasteiger partial charge in [-0.25, -0.2) is 0 Å². The van der Waals surface area contributed by atoms with E-state index in [9.17, 15) is 55.9 Å². The number of aliphatic hydroxyl groups is 11. The summed E-state index contributed by atoms with van der Waals surface area (Å²) in [4.78, 5) is 11.3. The molecule has 200 valence electrons. The molecule has 34 heavy (non-hydrogen) atoms. The molecule has 4 unspecified atom stereocenters. The van der Waals surface area contributed by atoms with Crippen LogP contribution in [-0.2, 0) is 23.7 Å². The highest BCUT2D eigenvalue weighted by Crippen LogP contribution is 2.27. The van der Waals surface area contributed by atoms with Gasteiger partial charge in [0.2, 0.25) is 0 Å². The Morgan fingerprint density at radius 2 is 1.26 bits per heavy atom. The molecule has 14 atom stereocenters. The lowest BCUT2D eigenvalue weighted by molar-refractivity contribution is -0.337. The maximum atomic E-state index is 11.3. The van der Waals surface area contributed by atoms with Crippen LogP contribution in [0.5, 0.6) is 0 Å². The minimum absolute atomic E-state index is 0.00490. The Kier molecular flexibility index (Phi) is 11.1. The van der Waals surface area contributed by atoms with Gasteiger partial charge in [0.05, 0.1) is 19.8 Å². The third-order valence-corrected chi connectivity index (χ3v) is 5.63. The van der Waals surface area contributed by atoms with Crippen molar-refractivity contribution in [1.82, 2.24) is 0 Å². The van der Waals surface area contributed by atoms with Crippen LogP contribution in [-0.4, -0.2) is 168 Å². The Morgan fingerprint density at radius 3 is 1.79 bits per heavy atom. The predicted molar refractivity (Wildman–Crippen MR) is 102 cm³/mol. The van der Waals surface area contributed by atoms with Gasteiger partial charge in [-0.05, 0) is 0 Å². The molecule has 0 aromatic carbocycles. The molecule has 0 aromatic rings. The molecule has 0 radical (unpaired) electrons. The maximum Gasteiger partial charge on any atom is 0.187 e. The Balaban J connectivity index is 2.05. The van der Waals surface area contributed by atoms with Crippen molar-refractivity contribution in [2.75, 3.05) is 19.8 Å². The molecule has 0 spiro atoms. The molecule has 2 aliphatic heterocycles. The van der Waals surface area contributed by atoms with Gasteiger partial charge in [-0.3, -0.25) is 0 Å². The van der Waals surface area contributed by atoms with Crippen LogP contribution in [0.4, 0.5) is 0 Å². The fourth-order valence-electron chi connectivity index (χ4n) is 3.44. The third kappa shape index (κ3) is 6.44. The molecule has 0 aromatic heterocycles. The summed E-state index contributed by atoms with van der Waals surface area (Å²) in [6.07, 6.45) is -24.9. The molecular weight excluding hydrogens is 472 g/mol. The van der Waals surface area contributed by atoms with Gasteiger partial charge in [-0.1, -0.05) is 0 Å². The van der Waals surface area contributed by atoms with Crippen LogP contribution in [0.25, 0.3) is 0 Å². The number of carbonyl (C=O) groups is 1. The summed E-state index contributed by atoms with van der Waals surface area (Å²) in [5, 5.41) is 107. The zero-order chi connectivity index (χ0) is 25.7. The number of aliphatic hydroxyl groups excluding tert-OH is 11. The lowest BCUT2D eigenvalue weighted by atomic mass is 9.98. The first-order valence-electron chi connectivity index (χ1n) is 10.4. The molecule has 0 amide bonds. The van der Waals surface area contributed by atoms with Gasteiger partial charge in [0.15, 0.2) is 18.9 Å². The molecule has 0 bridgehead atoms. The number of aldehydes is 1. The van der Waals surface area contributed by atoms with Gasteiger partial charge in [-0.15, -0.1) is 0 Å². The second-order valence-electron chi connectivity index (χ2n) is 8.01. The molecule has 0 aliphatic carbocycles. The second kappa shape index (κ2) is 12.9. The zero-order valence-corrected chi connectivity index (χ0v) is 17.7. The van der Waals surface area contributed by atoms with E-state index in [2.05, 4.69) is 0 Å². The standard InChI is InChI=1S/C18H32O16/c19-1-5(22)9(23)10(24)6(2-20)33-18-16(30)14(28)12(26)8(34-18)4-31-17-15(29)13(27)11(25)7(3-21)32-17/h2,5-19,21-30H,1,3-4H2/t5?,6?,7-,8-,9?,10?,11-,12-,13+,14+,15-,16-,17+,18+/m1/s1. The Hall–Kier alpha value is -0.930. The summed E-state index contributed by atoms with van der Waals surface area (Å²) >= 11 is 0. The average Bonchev–Trinajstić information content (AvgIpc) is 2.84. The van der Waals surface area contributed by atoms with E-state index < -0.39 is 106 Å². The van der Waals surface area contributed by atoms with E-state index in [4.69, 9.17) is 24.1 Å². The van der Waals surface area contributed by atoms with Crippen LogP contribution in [0.15, 0.2) is 0 Å². The minimum Gasteiger partial charge on any atom is -0.394 e. The summed E-state index contributed by atoms with van der Waals surface area (Å²) < 4.78 is 20.8. The van der Waals surface area contributed by atoms with Gasteiger partial charge in [0.1, 0.15) is 73.2 Å². The van der Waals surface area contributed by atoms with Crippen molar-refractivity contribution < 1.29 is 79.9 Å². The highest BCUT2D eigenvalue weighted by atomic mass is 16.7. The van der Waals surface area contributed by atoms with Gasteiger partial charge >= 0.3 is 0 Å². The molecule has 0 saturated carbocycles. The normalized spacial score (nSPS) is 42.6. The summed E-state index contributed by atoms with van der Waals surface area (Å²) in [5.41, 5.74) is 0. The van der Waals surface area contributed by atoms with Gasteiger partial charge in [-0.2, -0.15) is 0 Å². The van der Waals surface area contributed by atoms with Gasteiger partial charge < -0.3 is 79.9 Å². The highest BCUT2D eigenvalue weighted by molar-refractivity contribution is 5.57. The van der Waals surface area contributed by atoms with Crippen molar-refractivity contribution in [3.63, 3.8) is 0 Å². The average molecular weight is 504 g/mol. The SMILES string of the molecule is O=CC(O[C@H]1O[C@H](CO[C@H]2O[C@H](CO)[C@@H](O)[C@H](O)[C@H]2O)[C@@H](O)[C@H](O)[C@H]1O)C(O)C(O)C(O)CO. The highest BCUT2D eigenvalue weighted by Gasteiger charge is 2.48. The third-order valence-electron chi connectivity index (χ3n) is 5.63. The lowest BCUT2D eigenvalue weighted by Gasteiger charge is -2.43. The molecule has 11 N–H and O–H groups in total. The topological polar surface area (TPSA) is 277 Å². The number of rotatable bonds is 11. The smallest absolute Gasteiger partial charge is 0.187 e. The van der Waals surface area contributed by atoms with E-state index in [0.717, 1.165) is 0 Å². The number of hydrogen-bond acceptors (Lipinski definition) is 16. The molecule has 2 saturated heterocycles. The van der Waals surface area contributed by atoms with Crippen molar-refractivity contribution in [2.45, 2.75) is 85.8 Å². The van der Waals surface area contributed by atoms with Crippen molar-refractivity contribution in [2.24, 2.45) is 0 Å². The predicted octanol–water partition coefficient (Wildman–Crippen LogP) is -7.73. The number of carbonyl (C=O) groups excluding carboxylic acids is 1. The van der Waals surface area contributed by atoms with Gasteiger partial charge in [0.25, 0.3) is 0 Å². The molecule has 2 rings (SSSR count). The van der Waals surface area contributed by atoms with Crippen LogP contribution < -0.4 is 0 Å². The Morgan fingerprint density at radius 1 is 0.735 bits per heavy atom. The first-order chi connectivity index (χ1) is 16.0. The first kappa shape index (κ1) is 29.3. The van der Waals surface area contributed by atoms with E-state index in [1.54, 1.807) is 0 Å². The van der Waals surface area contributed by atoms with Crippen LogP contribution in [0.1, 0.15) is 0 Å². The van der Waals surface area contributed by atoms with Crippen LogP contribution >= 0.6 is 0 Å². The maximum absolute atomic E-state index is 11.3. The second-order valence-corrected chi connectivity index (χ2v) is 8.01. The largest absolute Gasteiger partial charge is 0.394 e. The Labute approximate surface area is 192 Å². The summed E-state index contributed by atoms with van der Waals surface area (Å²) in [7, 11) is 0. The molecule has 2 fully saturated rings. The Bertz CT molecular complexity index is 623. The van der Waals surface area contributed by atoms with E-state index in [-0.39, 0.29) is 6.29 Å². The van der Waals surface area contributed by atoms with Gasteiger partial charge in [0, 0.05) is 0 Å². The number of hydrogen-bond donors (Lipinski definition) is 11. The zero-order valence-electron chi connectivity index (χ0n) is 17.7. The molecule has 2 aliphatic rings. The molecule has 16 nitrogen and oxygen atoms in total. The van der Waals surface area contributed by atoms with E-state index >= 15 is 0 Å².